The van der Waals surface area contributed by atoms with Crippen LogP contribution in [0.25, 0.3) is 0 Å². The van der Waals surface area contributed by atoms with Crippen LogP contribution in [0.5, 0.6) is 0 Å². The number of hydrogen-bond acceptors (Lipinski definition) is 5. The van der Waals surface area contributed by atoms with Crippen molar-refractivity contribution in [3.05, 3.63) is 23.9 Å². The maximum absolute atomic E-state index is 12.8. The fourth-order valence-electron chi connectivity index (χ4n) is 3.70. The van der Waals surface area contributed by atoms with Crippen LogP contribution in [0.1, 0.15) is 25.3 Å². The number of hydrogen-bond donors (Lipinski definition) is 0. The Balaban J connectivity index is 1.56. The van der Waals surface area contributed by atoms with Crippen molar-refractivity contribution >= 4 is 11.7 Å². The Bertz CT molecular complexity index is 615. The van der Waals surface area contributed by atoms with Gasteiger partial charge in [-0.15, -0.1) is 0 Å². The molecule has 2 saturated heterocycles. The van der Waals surface area contributed by atoms with E-state index in [2.05, 4.69) is 39.7 Å². The van der Waals surface area contributed by atoms with E-state index >= 15 is 0 Å². The summed E-state index contributed by atoms with van der Waals surface area (Å²) in [6.07, 6.45) is 3.36. The van der Waals surface area contributed by atoms with E-state index in [1.54, 1.807) is 12.3 Å². The molecule has 2 fully saturated rings. The van der Waals surface area contributed by atoms with Gasteiger partial charge >= 0.3 is 0 Å². The molecular formula is C18H25N5O. The zero-order chi connectivity index (χ0) is 17.1. The fourth-order valence-corrected chi connectivity index (χ4v) is 3.70. The quantitative estimate of drug-likeness (QED) is 0.820. The van der Waals surface area contributed by atoms with Gasteiger partial charge in [0.15, 0.2) is 0 Å². The van der Waals surface area contributed by atoms with Crippen molar-refractivity contribution in [2.75, 3.05) is 44.7 Å². The SMILES string of the molecule is C[C@@H]1CN(C)CCN1C(=O)C1CCN(c2ccc(C#N)cn2)CC1. The lowest BCUT2D eigenvalue weighted by molar-refractivity contribution is -0.140. The first-order valence-electron chi connectivity index (χ1n) is 8.68. The smallest absolute Gasteiger partial charge is 0.226 e. The predicted molar refractivity (Wildman–Crippen MR) is 92.6 cm³/mol. The van der Waals surface area contributed by atoms with E-state index in [-0.39, 0.29) is 5.92 Å². The fraction of sp³-hybridized carbons (Fsp3) is 0.611. The van der Waals surface area contributed by atoms with E-state index in [4.69, 9.17) is 5.26 Å². The number of piperazine rings is 1. The number of pyridine rings is 1. The Morgan fingerprint density at radius 3 is 2.58 bits per heavy atom. The minimum absolute atomic E-state index is 0.130. The maximum atomic E-state index is 12.8. The third-order valence-electron chi connectivity index (χ3n) is 5.16. The molecule has 2 aliphatic heterocycles. The highest BCUT2D eigenvalue weighted by Gasteiger charge is 2.33. The molecule has 0 radical (unpaired) electrons. The van der Waals surface area contributed by atoms with Gasteiger partial charge in [0, 0.05) is 50.9 Å². The number of nitrogens with zero attached hydrogens (tertiary/aromatic N) is 5. The second-order valence-corrected chi connectivity index (χ2v) is 6.92. The summed E-state index contributed by atoms with van der Waals surface area (Å²) in [5.74, 6) is 1.35. The maximum Gasteiger partial charge on any atom is 0.226 e. The summed E-state index contributed by atoms with van der Waals surface area (Å²) < 4.78 is 0. The Labute approximate surface area is 143 Å². The average molecular weight is 327 g/mol. The molecule has 0 N–H and O–H groups in total. The largest absolute Gasteiger partial charge is 0.357 e. The highest BCUT2D eigenvalue weighted by Crippen LogP contribution is 2.25. The molecule has 24 heavy (non-hydrogen) atoms. The van der Waals surface area contributed by atoms with E-state index < -0.39 is 0 Å². The molecule has 0 saturated carbocycles. The van der Waals surface area contributed by atoms with Gasteiger partial charge in [0.05, 0.1) is 5.56 Å². The minimum Gasteiger partial charge on any atom is -0.357 e. The number of anilines is 1. The molecule has 1 atom stereocenters. The molecule has 0 spiro atoms. The van der Waals surface area contributed by atoms with Gasteiger partial charge in [0.25, 0.3) is 0 Å². The van der Waals surface area contributed by atoms with Crippen LogP contribution >= 0.6 is 0 Å². The Morgan fingerprint density at radius 2 is 2.00 bits per heavy atom. The van der Waals surface area contributed by atoms with Crippen molar-refractivity contribution in [3.8, 4) is 6.07 Å². The Morgan fingerprint density at radius 1 is 1.25 bits per heavy atom. The molecule has 6 nitrogen and oxygen atoms in total. The van der Waals surface area contributed by atoms with Gasteiger partial charge in [-0.2, -0.15) is 5.26 Å². The number of nitriles is 1. The average Bonchev–Trinajstić information content (AvgIpc) is 2.61. The van der Waals surface area contributed by atoms with Crippen molar-refractivity contribution in [1.29, 1.82) is 5.26 Å². The Kier molecular flexibility index (Phi) is 5.00. The van der Waals surface area contributed by atoms with Gasteiger partial charge in [-0.1, -0.05) is 0 Å². The van der Waals surface area contributed by atoms with E-state index in [0.717, 1.165) is 51.4 Å². The molecule has 1 amide bonds. The van der Waals surface area contributed by atoms with Crippen LogP contribution in [0.2, 0.25) is 0 Å². The highest BCUT2D eigenvalue weighted by molar-refractivity contribution is 5.79. The first kappa shape index (κ1) is 16.7. The predicted octanol–water partition coefficient (Wildman–Crippen LogP) is 1.33. The van der Waals surface area contributed by atoms with Crippen LogP contribution in [0, 0.1) is 17.2 Å². The molecule has 3 rings (SSSR count). The summed E-state index contributed by atoms with van der Waals surface area (Å²) in [4.78, 5) is 23.8. The monoisotopic (exact) mass is 327 g/mol. The lowest BCUT2D eigenvalue weighted by atomic mass is 9.94. The number of rotatable bonds is 2. The number of carbonyl (C=O) groups is 1. The molecule has 1 aromatic rings. The van der Waals surface area contributed by atoms with Crippen LogP contribution in [0.3, 0.4) is 0 Å². The lowest BCUT2D eigenvalue weighted by Gasteiger charge is -2.41. The molecule has 6 heteroatoms. The third kappa shape index (κ3) is 3.51. The molecule has 3 heterocycles. The van der Waals surface area contributed by atoms with Crippen molar-refractivity contribution in [2.45, 2.75) is 25.8 Å². The van der Waals surface area contributed by atoms with Gasteiger partial charge in [0.2, 0.25) is 5.91 Å². The first-order valence-corrected chi connectivity index (χ1v) is 8.68. The van der Waals surface area contributed by atoms with Gasteiger partial charge in [-0.05, 0) is 38.9 Å². The van der Waals surface area contributed by atoms with Crippen LogP contribution in [-0.2, 0) is 4.79 Å². The van der Waals surface area contributed by atoms with E-state index in [1.807, 2.05) is 6.07 Å². The number of carbonyl (C=O) groups excluding carboxylic acids is 1. The molecule has 0 unspecified atom stereocenters. The summed E-state index contributed by atoms with van der Waals surface area (Å²) in [6, 6.07) is 6.08. The van der Waals surface area contributed by atoms with Crippen LogP contribution in [-0.4, -0.2) is 66.5 Å². The van der Waals surface area contributed by atoms with Crippen molar-refractivity contribution in [1.82, 2.24) is 14.8 Å². The molecule has 0 bridgehead atoms. The first-order chi connectivity index (χ1) is 11.6. The summed E-state index contributed by atoms with van der Waals surface area (Å²) in [6.45, 7) is 6.59. The molecule has 1 aromatic heterocycles. The number of aromatic nitrogens is 1. The van der Waals surface area contributed by atoms with Crippen molar-refractivity contribution in [3.63, 3.8) is 0 Å². The van der Waals surface area contributed by atoms with E-state index in [9.17, 15) is 4.79 Å². The number of amides is 1. The molecule has 0 aliphatic carbocycles. The summed E-state index contributed by atoms with van der Waals surface area (Å²) in [5.41, 5.74) is 0.577. The number of piperidine rings is 1. The molecular weight excluding hydrogens is 302 g/mol. The topological polar surface area (TPSA) is 63.5 Å². The third-order valence-corrected chi connectivity index (χ3v) is 5.16. The van der Waals surface area contributed by atoms with Gasteiger partial charge in [-0.3, -0.25) is 4.79 Å². The zero-order valence-corrected chi connectivity index (χ0v) is 14.5. The Hall–Kier alpha value is -2.13. The summed E-state index contributed by atoms with van der Waals surface area (Å²) in [7, 11) is 2.11. The van der Waals surface area contributed by atoms with Gasteiger partial charge in [0.1, 0.15) is 11.9 Å². The minimum atomic E-state index is 0.130. The second-order valence-electron chi connectivity index (χ2n) is 6.92. The molecule has 0 aromatic carbocycles. The van der Waals surface area contributed by atoms with Crippen molar-refractivity contribution < 1.29 is 4.79 Å². The summed E-state index contributed by atoms with van der Waals surface area (Å²) in [5, 5.41) is 8.85. The molecule has 128 valence electrons. The standard InChI is InChI=1S/C18H25N5O/c1-14-13-21(2)9-10-23(14)18(24)16-5-7-22(8-6-16)17-4-3-15(11-19)12-20-17/h3-4,12,14,16H,5-10,13H2,1-2H3/t14-/m1/s1. The van der Waals surface area contributed by atoms with Crippen LogP contribution in [0.4, 0.5) is 5.82 Å². The lowest BCUT2D eigenvalue weighted by Crippen LogP contribution is -2.55. The van der Waals surface area contributed by atoms with Crippen molar-refractivity contribution in [2.24, 2.45) is 5.92 Å². The van der Waals surface area contributed by atoms with E-state index in [0.29, 0.717) is 17.5 Å². The summed E-state index contributed by atoms with van der Waals surface area (Å²) >= 11 is 0. The van der Waals surface area contributed by atoms with Crippen LogP contribution in [0.15, 0.2) is 18.3 Å². The van der Waals surface area contributed by atoms with E-state index in [1.165, 1.54) is 0 Å². The normalized spacial score (nSPS) is 23.1. The van der Waals surface area contributed by atoms with Crippen LogP contribution < -0.4 is 4.90 Å². The second kappa shape index (κ2) is 7.18. The van der Waals surface area contributed by atoms with Gasteiger partial charge < -0.3 is 14.7 Å². The zero-order valence-electron chi connectivity index (χ0n) is 14.5. The van der Waals surface area contributed by atoms with Gasteiger partial charge in [-0.25, -0.2) is 4.98 Å². The molecule has 2 aliphatic rings. The highest BCUT2D eigenvalue weighted by atomic mass is 16.2. The number of likely N-dealkylation sites (N-methyl/N-ethyl adjacent to an activating group) is 1.